The van der Waals surface area contributed by atoms with Gasteiger partial charge in [0.05, 0.1) is 11.1 Å². The number of amides is 2. The molecule has 120 valence electrons. The maximum atomic E-state index is 13.8. The molecule has 0 aromatic heterocycles. The van der Waals surface area contributed by atoms with E-state index in [9.17, 15) is 23.2 Å². The van der Waals surface area contributed by atoms with E-state index in [-0.39, 0.29) is 11.1 Å². The van der Waals surface area contributed by atoms with E-state index >= 15 is 0 Å². The summed E-state index contributed by atoms with van der Waals surface area (Å²) in [4.78, 5) is 36.1. The van der Waals surface area contributed by atoms with Crippen LogP contribution in [0.1, 0.15) is 0 Å². The summed E-state index contributed by atoms with van der Waals surface area (Å²) in [5, 5.41) is 3.08. The number of hydrogen-bond acceptors (Lipinski definition) is 4. The van der Waals surface area contributed by atoms with Gasteiger partial charge in [-0.1, -0.05) is 12.1 Å². The average molecular weight is 329 g/mol. The third-order valence-corrected chi connectivity index (χ3v) is 3.40. The summed E-state index contributed by atoms with van der Waals surface area (Å²) in [7, 11) is 0. The first kappa shape index (κ1) is 15.5. The highest BCUT2D eigenvalue weighted by Gasteiger charge is 2.18. The molecule has 0 bridgehead atoms. The van der Waals surface area contributed by atoms with Gasteiger partial charge in [-0.05, 0) is 30.3 Å². The Balaban J connectivity index is 2.30. The molecule has 0 aliphatic heterocycles. The number of carbonyl (C=O) groups is 1. The smallest absolute Gasteiger partial charge is 0.340 e. The SMILES string of the molecule is NC(=O)N(/N=c1/c(=O)c2cccc(F)c2c1=O)c1ccc(F)cc1. The molecule has 0 unspecified atom stereocenters. The third-order valence-electron chi connectivity index (χ3n) is 3.40. The number of carbonyl (C=O) groups excluding carboxylic acids is 1. The van der Waals surface area contributed by atoms with Crippen molar-refractivity contribution >= 4 is 22.5 Å². The molecule has 6 nitrogen and oxygen atoms in total. The highest BCUT2D eigenvalue weighted by molar-refractivity contribution is 5.90. The second-order valence-electron chi connectivity index (χ2n) is 4.90. The van der Waals surface area contributed by atoms with E-state index < -0.39 is 39.3 Å². The Bertz CT molecular complexity index is 1100. The topological polar surface area (TPSA) is 92.8 Å². The Labute approximate surface area is 132 Å². The zero-order valence-electron chi connectivity index (χ0n) is 12.0. The zero-order chi connectivity index (χ0) is 17.4. The van der Waals surface area contributed by atoms with E-state index in [4.69, 9.17) is 5.73 Å². The standard InChI is InChI=1S/C16H9F2N3O3/c17-8-4-6-9(7-5-8)21(16(19)24)20-13-14(22)10-2-1-3-11(18)12(10)15(13)23/h1-7H,(H2,19,24)/b20-13-. The second kappa shape index (κ2) is 5.65. The van der Waals surface area contributed by atoms with Crippen molar-refractivity contribution < 1.29 is 13.6 Å². The van der Waals surface area contributed by atoms with Crippen LogP contribution in [0, 0.1) is 11.6 Å². The highest BCUT2D eigenvalue weighted by Crippen LogP contribution is 2.15. The molecule has 8 heteroatoms. The number of nitrogens with two attached hydrogens (primary N) is 1. The lowest BCUT2D eigenvalue weighted by Gasteiger charge is -2.13. The van der Waals surface area contributed by atoms with Gasteiger partial charge in [-0.2, -0.15) is 10.1 Å². The van der Waals surface area contributed by atoms with Crippen molar-refractivity contribution in [2.75, 3.05) is 5.01 Å². The van der Waals surface area contributed by atoms with E-state index in [1.807, 2.05) is 0 Å². The Morgan fingerprint density at radius 3 is 2.25 bits per heavy atom. The molecule has 0 atom stereocenters. The minimum absolute atomic E-state index is 0.0495. The lowest BCUT2D eigenvalue weighted by atomic mass is 10.2. The summed E-state index contributed by atoms with van der Waals surface area (Å²) in [5.41, 5.74) is 3.49. The largest absolute Gasteiger partial charge is 0.350 e. The highest BCUT2D eigenvalue weighted by atomic mass is 19.1. The molecule has 3 rings (SSSR count). The van der Waals surface area contributed by atoms with Gasteiger partial charge in [0.15, 0.2) is 5.36 Å². The van der Waals surface area contributed by atoms with Crippen LogP contribution >= 0.6 is 0 Å². The number of anilines is 1. The first-order valence-electron chi connectivity index (χ1n) is 6.72. The molecule has 2 N–H and O–H groups in total. The van der Waals surface area contributed by atoms with Crippen LogP contribution in [0.2, 0.25) is 0 Å². The predicted octanol–water partition coefficient (Wildman–Crippen LogP) is 1.11. The Kier molecular flexibility index (Phi) is 3.64. The van der Waals surface area contributed by atoms with Crippen LogP contribution in [0.3, 0.4) is 0 Å². The van der Waals surface area contributed by atoms with Gasteiger partial charge in [0.25, 0.3) is 0 Å². The molecule has 0 aliphatic carbocycles. The normalized spacial score (nSPS) is 11.8. The molecule has 3 aromatic carbocycles. The van der Waals surface area contributed by atoms with Crippen molar-refractivity contribution in [1.29, 1.82) is 0 Å². The molecule has 0 aliphatic rings. The number of halogens is 2. The van der Waals surface area contributed by atoms with Crippen molar-refractivity contribution in [3.63, 3.8) is 0 Å². The molecule has 0 heterocycles. The van der Waals surface area contributed by atoms with Gasteiger partial charge in [0, 0.05) is 5.39 Å². The molecule has 0 radical (unpaired) electrons. The van der Waals surface area contributed by atoms with Crippen molar-refractivity contribution in [3.05, 3.63) is 79.9 Å². The maximum absolute atomic E-state index is 13.8. The van der Waals surface area contributed by atoms with E-state index in [0.29, 0.717) is 5.01 Å². The summed E-state index contributed by atoms with van der Waals surface area (Å²) in [6.07, 6.45) is 0. The Morgan fingerprint density at radius 1 is 1.00 bits per heavy atom. The van der Waals surface area contributed by atoms with Crippen LogP contribution in [0.5, 0.6) is 0 Å². The fraction of sp³-hybridized carbons (Fsp3) is 0. The van der Waals surface area contributed by atoms with Gasteiger partial charge in [0.1, 0.15) is 11.6 Å². The second-order valence-corrected chi connectivity index (χ2v) is 4.90. The van der Waals surface area contributed by atoms with Gasteiger partial charge in [-0.25, -0.2) is 13.6 Å². The van der Waals surface area contributed by atoms with Crippen LogP contribution in [-0.2, 0) is 0 Å². The van der Waals surface area contributed by atoms with Crippen LogP contribution in [0.15, 0.2) is 57.2 Å². The van der Waals surface area contributed by atoms with E-state index in [2.05, 4.69) is 5.10 Å². The quantitative estimate of drug-likeness (QED) is 0.714. The lowest BCUT2D eigenvalue weighted by molar-refractivity contribution is 0.254. The monoisotopic (exact) mass is 329 g/mol. The predicted molar refractivity (Wildman–Crippen MR) is 82.8 cm³/mol. The summed E-state index contributed by atoms with van der Waals surface area (Å²) >= 11 is 0. The van der Waals surface area contributed by atoms with Crippen LogP contribution < -0.4 is 27.0 Å². The molecule has 0 spiro atoms. The summed E-state index contributed by atoms with van der Waals surface area (Å²) < 4.78 is 26.8. The van der Waals surface area contributed by atoms with Gasteiger partial charge in [0.2, 0.25) is 10.9 Å². The number of hydrogen-bond donors (Lipinski definition) is 1. The van der Waals surface area contributed by atoms with E-state index in [1.165, 1.54) is 24.3 Å². The van der Waals surface area contributed by atoms with Gasteiger partial charge >= 0.3 is 6.03 Å². The Morgan fingerprint density at radius 2 is 1.67 bits per heavy atom. The molecule has 24 heavy (non-hydrogen) atoms. The fourth-order valence-electron chi connectivity index (χ4n) is 2.30. The van der Waals surface area contributed by atoms with Crippen LogP contribution in [0.25, 0.3) is 10.8 Å². The maximum Gasteiger partial charge on any atom is 0.340 e. The molecule has 0 fully saturated rings. The van der Waals surface area contributed by atoms with E-state index in [0.717, 1.165) is 18.2 Å². The molecule has 0 saturated carbocycles. The minimum atomic E-state index is -1.09. The minimum Gasteiger partial charge on any atom is -0.350 e. The molecule has 3 aromatic rings. The number of benzene rings is 2. The fourth-order valence-corrected chi connectivity index (χ4v) is 2.30. The van der Waals surface area contributed by atoms with Crippen molar-refractivity contribution in [1.82, 2.24) is 0 Å². The molecule has 0 saturated heterocycles. The van der Waals surface area contributed by atoms with E-state index in [1.54, 1.807) is 0 Å². The van der Waals surface area contributed by atoms with Crippen molar-refractivity contribution in [2.24, 2.45) is 10.8 Å². The molecular weight excluding hydrogens is 320 g/mol. The number of urea groups is 1. The Hall–Kier alpha value is -3.42. The number of rotatable bonds is 2. The number of primary amides is 1. The van der Waals surface area contributed by atoms with Crippen molar-refractivity contribution in [3.8, 4) is 0 Å². The van der Waals surface area contributed by atoms with Gasteiger partial charge in [-0.3, -0.25) is 9.59 Å². The van der Waals surface area contributed by atoms with Gasteiger partial charge < -0.3 is 5.73 Å². The van der Waals surface area contributed by atoms with Crippen LogP contribution in [0.4, 0.5) is 19.3 Å². The van der Waals surface area contributed by atoms with Gasteiger partial charge in [-0.15, -0.1) is 0 Å². The zero-order valence-corrected chi connectivity index (χ0v) is 12.0. The first-order valence-corrected chi connectivity index (χ1v) is 6.72. The van der Waals surface area contributed by atoms with Crippen molar-refractivity contribution in [2.45, 2.75) is 0 Å². The lowest BCUT2D eigenvalue weighted by Crippen LogP contribution is -2.40. The number of fused-ring (bicyclic) bond motifs is 1. The average Bonchev–Trinajstić information content (AvgIpc) is 2.78. The summed E-state index contributed by atoms with van der Waals surface area (Å²) in [6.45, 7) is 0. The molecule has 2 amide bonds. The molecular formula is C16H9F2N3O3. The first-order chi connectivity index (χ1) is 11.4. The third kappa shape index (κ3) is 2.43. The number of nitrogens with zero attached hydrogens (tertiary/aromatic N) is 2. The van der Waals surface area contributed by atoms with Crippen LogP contribution in [-0.4, -0.2) is 6.03 Å². The summed E-state index contributed by atoms with van der Waals surface area (Å²) in [5.74, 6) is -1.42. The summed E-state index contributed by atoms with van der Waals surface area (Å²) in [6, 6.07) is 7.02.